The quantitative estimate of drug-likeness (QED) is 0.317. The van der Waals surface area contributed by atoms with Crippen LogP contribution in [-0.2, 0) is 0 Å². The molecule has 0 saturated heterocycles. The first-order valence-electron chi connectivity index (χ1n) is 5.49. The van der Waals surface area contributed by atoms with Crippen molar-refractivity contribution in [2.45, 2.75) is 0 Å². The van der Waals surface area contributed by atoms with Gasteiger partial charge in [-0.3, -0.25) is 9.32 Å². The van der Waals surface area contributed by atoms with E-state index in [1.165, 1.54) is 9.80 Å². The average Bonchev–Trinajstić information content (AvgIpc) is 2.82. The van der Waals surface area contributed by atoms with Gasteiger partial charge in [0.1, 0.15) is 0 Å². The number of aromatic nitrogens is 2. The van der Waals surface area contributed by atoms with E-state index >= 15 is 0 Å². The summed E-state index contributed by atoms with van der Waals surface area (Å²) in [5.41, 5.74) is 0.487. The summed E-state index contributed by atoms with van der Waals surface area (Å²) in [6, 6.07) is 8.50. The van der Waals surface area contributed by atoms with Crippen molar-refractivity contribution in [1.29, 1.82) is 0 Å². The number of benzene rings is 1. The van der Waals surface area contributed by atoms with Gasteiger partial charge in [-0.1, -0.05) is 30.3 Å². The predicted octanol–water partition coefficient (Wildman–Crippen LogP) is -0.589. The minimum Gasteiger partial charge on any atom is -0.858 e. The van der Waals surface area contributed by atoms with Crippen molar-refractivity contribution >= 4 is 18.1 Å². The van der Waals surface area contributed by atoms with Crippen molar-refractivity contribution in [3.63, 3.8) is 0 Å². The highest BCUT2D eigenvalue weighted by molar-refractivity contribution is 5.93. The van der Waals surface area contributed by atoms with Crippen LogP contribution in [0, 0.1) is 0 Å². The van der Waals surface area contributed by atoms with Gasteiger partial charge in [0.25, 0.3) is 0 Å². The number of carbonyl (C=O) groups excluding carboxylic acids is 1. The number of aliphatic imine (C=N–C) groups is 1. The molecule has 0 aliphatic carbocycles. The van der Waals surface area contributed by atoms with Crippen LogP contribution in [0.5, 0.6) is 0 Å². The Kier molecular flexibility index (Phi) is 3.56. The Morgan fingerprint density at radius 2 is 2.11 bits per heavy atom. The molecule has 0 saturated carbocycles. The monoisotopic (exact) mass is 260 g/mol. The third-order valence-corrected chi connectivity index (χ3v) is 2.35. The standard InChI is InChI=1S/C12H12N4O3/c1-15(2)16-10(8-17)12(19-14-16)13-11(18)9-6-4-3-5-7-9/h3-8H,1-2H3. The minimum atomic E-state index is -0.495. The van der Waals surface area contributed by atoms with Gasteiger partial charge < -0.3 is 5.11 Å². The number of nitrogens with zero attached hydrogens (tertiary/aromatic N) is 4. The van der Waals surface area contributed by atoms with E-state index in [1.54, 1.807) is 44.4 Å². The van der Waals surface area contributed by atoms with Crippen LogP contribution >= 0.6 is 0 Å². The Labute approximate surface area is 109 Å². The Balaban J connectivity index is 2.41. The van der Waals surface area contributed by atoms with Gasteiger partial charge >= 0.3 is 11.6 Å². The lowest BCUT2D eigenvalue weighted by molar-refractivity contribution is -0.754. The van der Waals surface area contributed by atoms with E-state index in [-0.39, 0.29) is 11.6 Å². The Morgan fingerprint density at radius 3 is 2.68 bits per heavy atom. The van der Waals surface area contributed by atoms with E-state index in [0.29, 0.717) is 11.8 Å². The molecule has 1 aromatic heterocycles. The fourth-order valence-corrected chi connectivity index (χ4v) is 1.45. The van der Waals surface area contributed by atoms with Crippen molar-refractivity contribution in [3.05, 3.63) is 41.6 Å². The van der Waals surface area contributed by atoms with Gasteiger partial charge in [0.05, 0.1) is 18.9 Å². The molecule has 0 spiro atoms. The van der Waals surface area contributed by atoms with Gasteiger partial charge in [-0.25, -0.2) is 4.99 Å². The normalized spacial score (nSPS) is 11.4. The molecule has 2 rings (SSSR count). The summed E-state index contributed by atoms with van der Waals surface area (Å²) >= 11 is 0. The molecule has 0 radical (unpaired) electrons. The maximum atomic E-state index is 11.9. The SMILES string of the molecule is CN(C)[n+]1noc(/N=C(\[O-])c2ccccc2)c1C=O. The molecular formula is C12H12N4O3. The van der Waals surface area contributed by atoms with Crippen LogP contribution in [0.2, 0.25) is 0 Å². The van der Waals surface area contributed by atoms with Gasteiger partial charge in [-0.15, -0.1) is 0 Å². The van der Waals surface area contributed by atoms with Gasteiger partial charge in [0, 0.05) is 0 Å². The zero-order valence-corrected chi connectivity index (χ0v) is 10.5. The number of hydrogen-bond acceptors (Lipinski definition) is 6. The molecule has 0 atom stereocenters. The van der Waals surface area contributed by atoms with Crippen LogP contribution in [-0.4, -0.2) is 31.6 Å². The molecule has 0 bridgehead atoms. The van der Waals surface area contributed by atoms with E-state index in [2.05, 4.69) is 10.3 Å². The van der Waals surface area contributed by atoms with E-state index in [4.69, 9.17) is 4.52 Å². The lowest BCUT2D eigenvalue weighted by Gasteiger charge is -2.07. The summed E-state index contributed by atoms with van der Waals surface area (Å²) in [6.45, 7) is 0. The largest absolute Gasteiger partial charge is 0.858 e. The molecule has 0 aliphatic rings. The van der Waals surface area contributed by atoms with Gasteiger partial charge in [-0.2, -0.15) is 5.01 Å². The molecule has 0 amide bonds. The maximum Gasteiger partial charge on any atom is 0.372 e. The van der Waals surface area contributed by atoms with Crippen LogP contribution in [0.1, 0.15) is 16.1 Å². The third-order valence-electron chi connectivity index (χ3n) is 2.35. The topological polar surface area (TPSA) is 85.6 Å². The second-order valence-corrected chi connectivity index (χ2v) is 3.90. The zero-order chi connectivity index (χ0) is 13.8. The van der Waals surface area contributed by atoms with E-state index in [1.807, 2.05) is 0 Å². The van der Waals surface area contributed by atoms with Crippen LogP contribution in [0.4, 0.5) is 5.88 Å². The number of rotatable bonds is 4. The number of hydrogen-bond donors (Lipinski definition) is 0. The van der Waals surface area contributed by atoms with Crippen LogP contribution in [0.3, 0.4) is 0 Å². The van der Waals surface area contributed by atoms with Gasteiger partial charge in [0.2, 0.25) is 11.6 Å². The lowest BCUT2D eigenvalue weighted by atomic mass is 10.2. The number of aldehydes is 1. The summed E-state index contributed by atoms with van der Waals surface area (Å²) in [5, 5.41) is 17.0. The fraction of sp³-hybridized carbons (Fsp3) is 0.167. The predicted molar refractivity (Wildman–Crippen MR) is 64.8 cm³/mol. The lowest BCUT2D eigenvalue weighted by Crippen LogP contribution is -2.56. The molecule has 0 fully saturated rings. The first-order chi connectivity index (χ1) is 9.13. The van der Waals surface area contributed by atoms with Crippen molar-refractivity contribution in [2.24, 2.45) is 4.99 Å². The highest BCUT2D eigenvalue weighted by Crippen LogP contribution is 2.13. The van der Waals surface area contributed by atoms with E-state index in [9.17, 15) is 9.90 Å². The molecule has 19 heavy (non-hydrogen) atoms. The molecule has 0 N–H and O–H groups in total. The van der Waals surface area contributed by atoms with Crippen LogP contribution in [0.25, 0.3) is 0 Å². The molecule has 98 valence electrons. The minimum absolute atomic E-state index is 0.0780. The second kappa shape index (κ2) is 5.30. The molecular weight excluding hydrogens is 248 g/mol. The molecule has 7 heteroatoms. The molecule has 0 unspecified atom stereocenters. The number of carbonyl (C=O) groups is 1. The molecule has 0 aliphatic heterocycles. The first-order valence-corrected chi connectivity index (χ1v) is 5.49. The van der Waals surface area contributed by atoms with Crippen molar-refractivity contribution in [3.8, 4) is 0 Å². The summed E-state index contributed by atoms with van der Waals surface area (Å²) in [4.78, 5) is 16.0. The summed E-state index contributed by atoms with van der Waals surface area (Å²) < 4.78 is 4.89. The highest BCUT2D eigenvalue weighted by atomic mass is 16.5. The molecule has 7 nitrogen and oxygen atoms in total. The summed E-state index contributed by atoms with van der Waals surface area (Å²) in [7, 11) is 3.36. The zero-order valence-electron chi connectivity index (χ0n) is 10.5. The van der Waals surface area contributed by atoms with Crippen molar-refractivity contribution < 1.29 is 19.2 Å². The fourth-order valence-electron chi connectivity index (χ4n) is 1.45. The summed E-state index contributed by atoms with van der Waals surface area (Å²) in [6.07, 6.45) is 0.535. The van der Waals surface area contributed by atoms with Crippen LogP contribution in [0.15, 0.2) is 39.8 Å². The van der Waals surface area contributed by atoms with Crippen molar-refractivity contribution in [2.75, 3.05) is 19.1 Å². The summed E-state index contributed by atoms with van der Waals surface area (Å²) in [5.74, 6) is -0.608. The third kappa shape index (κ3) is 2.59. The molecule has 2 aromatic rings. The van der Waals surface area contributed by atoms with E-state index < -0.39 is 5.90 Å². The molecule has 1 aromatic carbocycles. The van der Waals surface area contributed by atoms with Gasteiger partial charge in [-0.05, 0) is 11.5 Å². The second-order valence-electron chi connectivity index (χ2n) is 3.90. The smallest absolute Gasteiger partial charge is 0.372 e. The Morgan fingerprint density at radius 1 is 1.42 bits per heavy atom. The first kappa shape index (κ1) is 12.7. The average molecular weight is 260 g/mol. The Hall–Kier alpha value is -2.70. The Bertz CT molecular complexity index is 605. The molecule has 1 heterocycles. The van der Waals surface area contributed by atoms with Crippen molar-refractivity contribution in [1.82, 2.24) is 5.27 Å². The van der Waals surface area contributed by atoms with Gasteiger partial charge in [0.15, 0.2) is 0 Å². The van der Waals surface area contributed by atoms with Crippen LogP contribution < -0.4 is 14.9 Å². The van der Waals surface area contributed by atoms with E-state index in [0.717, 1.165) is 0 Å². The maximum absolute atomic E-state index is 11.9. The highest BCUT2D eigenvalue weighted by Gasteiger charge is 2.26.